The molecule has 0 aromatic carbocycles. The summed E-state index contributed by atoms with van der Waals surface area (Å²) in [5.41, 5.74) is 0.136. The molecule has 0 radical (unpaired) electrons. The molecule has 0 unspecified atom stereocenters. The second kappa shape index (κ2) is 17.1. The molecule has 2 rings (SSSR count). The Bertz CT molecular complexity index is 1070. The van der Waals surface area contributed by atoms with E-state index in [4.69, 9.17) is 11.3 Å². The number of nitrogens with zero attached hydrogens (tertiary/aromatic N) is 3. The summed E-state index contributed by atoms with van der Waals surface area (Å²) >= 11 is 1.18. The topological polar surface area (TPSA) is 129 Å². The van der Waals surface area contributed by atoms with Crippen molar-refractivity contribution in [2.75, 3.05) is 26.7 Å². The molecule has 2 amide bonds. The fourth-order valence-electron chi connectivity index (χ4n) is 5.56. The number of hydrogen-bond donors (Lipinski definition) is 2. The summed E-state index contributed by atoms with van der Waals surface area (Å²) in [6, 6.07) is -0.822. The van der Waals surface area contributed by atoms with E-state index in [1.165, 1.54) is 11.3 Å². The number of esters is 1. The Labute approximate surface area is 257 Å². The second-order valence-electron chi connectivity index (χ2n) is 12.2. The van der Waals surface area contributed by atoms with Crippen LogP contribution in [0, 0.1) is 17.8 Å². The fourth-order valence-corrected chi connectivity index (χ4v) is 6.34. The summed E-state index contributed by atoms with van der Waals surface area (Å²) in [7, 11) is 1.96. The van der Waals surface area contributed by atoms with E-state index in [0.29, 0.717) is 11.4 Å². The van der Waals surface area contributed by atoms with Crippen LogP contribution in [0.3, 0.4) is 0 Å². The lowest BCUT2D eigenvalue weighted by atomic mass is 9.82. The predicted octanol–water partition coefficient (Wildman–Crippen LogP) is 4.23. The molecule has 42 heavy (non-hydrogen) atoms. The van der Waals surface area contributed by atoms with Crippen LogP contribution in [0.5, 0.6) is 0 Å². The fraction of sp³-hybridized carbons (Fsp3) is 0.774. The third-order valence-corrected chi connectivity index (χ3v) is 9.10. The van der Waals surface area contributed by atoms with Gasteiger partial charge in [-0.3, -0.25) is 19.3 Å². The molecule has 11 heteroatoms. The molecule has 10 nitrogen and oxygen atoms in total. The van der Waals surface area contributed by atoms with Gasteiger partial charge >= 0.3 is 5.97 Å². The average molecular weight is 611 g/mol. The van der Waals surface area contributed by atoms with E-state index in [-0.39, 0.29) is 73.2 Å². The first kappa shape index (κ1) is 34.1. The quantitative estimate of drug-likeness (QED) is 0.251. The number of thiazole rings is 1. The highest BCUT2D eigenvalue weighted by atomic mass is 32.1. The molecule has 0 aliphatic carbocycles. The number of hydrogen-bond acceptors (Lipinski definition) is 9. The van der Waals surface area contributed by atoms with Crippen LogP contribution >= 0.6 is 11.3 Å². The van der Waals surface area contributed by atoms with Gasteiger partial charge in [0.1, 0.15) is 11.1 Å². The molecule has 1 aliphatic rings. The van der Waals surface area contributed by atoms with Gasteiger partial charge < -0.3 is 20.1 Å². The molecule has 1 aliphatic heterocycles. The summed E-state index contributed by atoms with van der Waals surface area (Å²) < 4.78 is 12.9. The number of aliphatic hydroxyl groups excluding tert-OH is 1. The summed E-state index contributed by atoms with van der Waals surface area (Å²) in [5, 5.41) is 9.97. The Hall–Kier alpha value is -2.37. The minimum Gasteiger partial charge on any atom is -0.461 e. The van der Waals surface area contributed by atoms with Crippen molar-refractivity contribution in [2.45, 2.75) is 111 Å². The third-order valence-electron chi connectivity index (χ3n) is 8.17. The minimum atomic E-state index is -0.844. The summed E-state index contributed by atoms with van der Waals surface area (Å²) in [6.07, 6.45) is 3.00. The van der Waals surface area contributed by atoms with E-state index in [0.717, 1.165) is 25.8 Å². The molecular weight excluding hydrogens is 556 g/mol. The predicted molar refractivity (Wildman–Crippen MR) is 164 cm³/mol. The highest BCUT2D eigenvalue weighted by molar-refractivity contribution is 7.09. The van der Waals surface area contributed by atoms with Gasteiger partial charge in [-0.2, -0.15) is 0 Å². The first-order valence-electron chi connectivity index (χ1n) is 15.8. The highest BCUT2D eigenvalue weighted by Crippen LogP contribution is 2.31. The number of Topliss-reactive ketones (excluding diaryl/α,β-unsaturated/α-hetero) is 1. The van der Waals surface area contributed by atoms with Crippen molar-refractivity contribution in [1.29, 1.82) is 1.43 Å². The first-order valence-corrected chi connectivity index (χ1v) is 16.3. The SMILES string of the molecule is [3H]O[C@H](C[C@H](C(C)C)N(CC(=O)NC(C)C)C(=O)[C@@H](CC(=O)[C@H]1CCCCN1C)[C@@H](C)CC)c1nc(C(=O)OCC)cs1. The summed E-state index contributed by atoms with van der Waals surface area (Å²) in [4.78, 5) is 61.4. The van der Waals surface area contributed by atoms with Crippen molar-refractivity contribution in [3.8, 4) is 0 Å². The van der Waals surface area contributed by atoms with Gasteiger partial charge in [0.15, 0.2) is 11.5 Å². The zero-order chi connectivity index (χ0) is 32.3. The van der Waals surface area contributed by atoms with Crippen molar-refractivity contribution in [3.63, 3.8) is 0 Å². The lowest BCUT2D eigenvalue weighted by Gasteiger charge is -2.39. The number of ketones is 1. The Balaban J connectivity index is 2.44. The van der Waals surface area contributed by atoms with Gasteiger partial charge in [-0.25, -0.2) is 9.78 Å². The first-order chi connectivity index (χ1) is 20.3. The molecule has 238 valence electrons. The molecule has 0 spiro atoms. The van der Waals surface area contributed by atoms with Crippen molar-refractivity contribution in [2.24, 2.45) is 17.8 Å². The number of piperidine rings is 1. The molecule has 5 atom stereocenters. The Morgan fingerprint density at radius 3 is 2.50 bits per heavy atom. The maximum atomic E-state index is 14.5. The molecule has 1 aromatic rings. The third kappa shape index (κ3) is 10.1. The zero-order valence-electron chi connectivity index (χ0n) is 27.7. The van der Waals surface area contributed by atoms with Crippen LogP contribution < -0.4 is 5.32 Å². The van der Waals surface area contributed by atoms with Crippen molar-refractivity contribution in [3.05, 3.63) is 16.1 Å². The summed E-state index contributed by atoms with van der Waals surface area (Å²) in [5.74, 6) is -1.81. The minimum absolute atomic E-state index is 0.0650. The number of aromatic nitrogens is 1. The van der Waals surface area contributed by atoms with Crippen molar-refractivity contribution in [1.82, 2.24) is 20.1 Å². The van der Waals surface area contributed by atoms with Crippen LogP contribution in [0.4, 0.5) is 0 Å². The van der Waals surface area contributed by atoms with Crippen LogP contribution in [0.15, 0.2) is 5.38 Å². The average Bonchev–Trinajstić information content (AvgIpc) is 3.45. The Morgan fingerprint density at radius 2 is 1.93 bits per heavy atom. The van der Waals surface area contributed by atoms with Crippen LogP contribution in [-0.2, 0) is 19.1 Å². The van der Waals surface area contributed by atoms with Crippen molar-refractivity contribution >= 4 is 34.9 Å². The molecular formula is C31H52N4O6S. The molecule has 0 saturated carbocycles. The van der Waals surface area contributed by atoms with Crippen molar-refractivity contribution < 1.29 is 29.0 Å². The van der Waals surface area contributed by atoms with Gasteiger partial charge in [0.2, 0.25) is 13.2 Å². The number of likely N-dealkylation sites (N-methyl/N-ethyl adjacent to an activating group) is 1. The Morgan fingerprint density at radius 1 is 1.21 bits per heavy atom. The van der Waals surface area contributed by atoms with Crippen LogP contribution in [0.1, 0.15) is 109 Å². The number of amides is 2. The van der Waals surface area contributed by atoms with Crippen LogP contribution in [0.25, 0.3) is 0 Å². The smallest absolute Gasteiger partial charge is 0.357 e. The second-order valence-corrected chi connectivity index (χ2v) is 13.1. The number of nitrogens with one attached hydrogen (secondary N) is 1. The van der Waals surface area contributed by atoms with Gasteiger partial charge in [-0.15, -0.1) is 11.3 Å². The standard InChI is InChI=1S/C31H52N4O6S/c1-9-21(7)22(15-26(36)24-13-11-12-14-34(24)8)30(39)35(17-28(38)32-20(5)6)25(19(3)4)16-27(37)29-33-23(18-42-29)31(40)41-10-2/h18-22,24-25,27,37H,9-17H2,1-8H3,(H,32,38)/t21-,22-,24+,25+,27+/m0/s1/i37T. The van der Waals surface area contributed by atoms with E-state index < -0.39 is 24.0 Å². The number of likely N-dealkylation sites (tertiary alicyclic amines) is 1. The van der Waals surface area contributed by atoms with Gasteiger partial charge in [0, 0.05) is 36.2 Å². The highest BCUT2D eigenvalue weighted by Gasteiger charge is 2.39. The zero-order valence-corrected chi connectivity index (χ0v) is 27.5. The number of aliphatic hydroxyl groups is 1. The van der Waals surface area contributed by atoms with E-state index in [1.54, 1.807) is 17.2 Å². The van der Waals surface area contributed by atoms with Gasteiger partial charge in [0.05, 0.1) is 19.2 Å². The van der Waals surface area contributed by atoms with E-state index >= 15 is 0 Å². The number of carbonyl (C=O) groups excluding carboxylic acids is 4. The monoisotopic (exact) mass is 610 g/mol. The molecule has 2 heterocycles. The van der Waals surface area contributed by atoms with Gasteiger partial charge in [-0.1, -0.05) is 40.5 Å². The lowest BCUT2D eigenvalue weighted by Crippen LogP contribution is -2.53. The van der Waals surface area contributed by atoms with Crippen LogP contribution in [0.2, 0.25) is 0 Å². The molecule has 1 aromatic heterocycles. The molecule has 2 N–H and O–H groups in total. The Kier molecular flexibility index (Phi) is 13.9. The van der Waals surface area contributed by atoms with E-state index in [9.17, 15) is 19.2 Å². The largest absolute Gasteiger partial charge is 0.461 e. The molecule has 1 fully saturated rings. The maximum Gasteiger partial charge on any atom is 0.357 e. The van der Waals surface area contributed by atoms with E-state index in [1.807, 2.05) is 48.6 Å². The van der Waals surface area contributed by atoms with E-state index in [2.05, 4.69) is 15.2 Å². The molecule has 0 bridgehead atoms. The van der Waals surface area contributed by atoms with Gasteiger partial charge in [-0.05, 0) is 59.0 Å². The number of rotatable bonds is 17. The lowest BCUT2D eigenvalue weighted by molar-refractivity contribution is -0.147. The van der Waals surface area contributed by atoms with Crippen LogP contribution in [-0.4, -0.2) is 89.8 Å². The summed E-state index contributed by atoms with van der Waals surface area (Å²) in [6.45, 7) is 14.2. The van der Waals surface area contributed by atoms with Gasteiger partial charge in [0.25, 0.3) is 0 Å². The maximum absolute atomic E-state index is 14.5. The molecule has 1 saturated heterocycles. The number of carbonyl (C=O) groups is 4. The normalized spacial score (nSPS) is 19.1. The number of ether oxygens (including phenoxy) is 1.